The number of methoxy groups -OCH3 is 1. The summed E-state index contributed by atoms with van der Waals surface area (Å²) in [5.41, 5.74) is -0.0356. The standard InChI is InChI=1S/C41H36N2O8/c1-48-41(51-37(45)30-18-9-4-10-19-30)39(47)43-38(46)40(41,50-36(44)29-16-7-3-8-17-29)34-24-23-32(25-33(34)27-13-5-2-6-14-27)49-26-31-22-21-28-15-11-12-20-35(28)42-31/h3-4,7-12,15-25,27H,2,5-6,13-14,26H2,1H3,(H,43,46,47)/t40-,41-/m0/s1. The number of pyridine rings is 1. The van der Waals surface area contributed by atoms with Gasteiger partial charge in [-0.25, -0.2) is 14.6 Å². The summed E-state index contributed by atoms with van der Waals surface area (Å²) in [6, 6.07) is 32.8. The topological polar surface area (TPSA) is 130 Å². The van der Waals surface area contributed by atoms with Gasteiger partial charge in [0.25, 0.3) is 11.5 Å². The number of aromatic nitrogens is 1. The second-order valence-corrected chi connectivity index (χ2v) is 12.7. The van der Waals surface area contributed by atoms with Gasteiger partial charge in [-0.05, 0) is 72.9 Å². The number of amides is 2. The minimum Gasteiger partial charge on any atom is -0.487 e. The number of carbonyl (C=O) groups is 4. The van der Waals surface area contributed by atoms with Crippen LogP contribution < -0.4 is 10.1 Å². The first-order valence-corrected chi connectivity index (χ1v) is 16.9. The van der Waals surface area contributed by atoms with Crippen molar-refractivity contribution >= 4 is 34.7 Å². The van der Waals surface area contributed by atoms with E-state index in [0.717, 1.165) is 55.8 Å². The SMILES string of the molecule is CO[C@]1(OC(=O)c2ccccc2)C(=O)NC(=O)[C@@]1(OC(=O)c1ccccc1)c1ccc(OCc2ccc3ccccc3n2)cc1C1CCCCC1. The van der Waals surface area contributed by atoms with Crippen LogP contribution >= 0.6 is 0 Å². The van der Waals surface area contributed by atoms with E-state index < -0.39 is 35.1 Å². The lowest BCUT2D eigenvalue weighted by molar-refractivity contribution is -0.254. The van der Waals surface area contributed by atoms with Crippen LogP contribution in [0.4, 0.5) is 0 Å². The van der Waals surface area contributed by atoms with Crippen LogP contribution in [0, 0.1) is 0 Å². The Morgan fingerprint density at radius 2 is 1.39 bits per heavy atom. The number of imide groups is 1. The lowest BCUT2D eigenvalue weighted by Gasteiger charge is -2.40. The number of hydrogen-bond acceptors (Lipinski definition) is 9. The average molecular weight is 685 g/mol. The van der Waals surface area contributed by atoms with E-state index in [2.05, 4.69) is 5.32 Å². The van der Waals surface area contributed by atoms with Crippen LogP contribution in [-0.4, -0.2) is 41.6 Å². The number of esters is 2. The monoisotopic (exact) mass is 684 g/mol. The molecule has 1 aromatic heterocycles. The molecule has 1 aliphatic carbocycles. The van der Waals surface area contributed by atoms with Crippen LogP contribution in [-0.2, 0) is 36.0 Å². The first kappa shape index (κ1) is 33.6. The summed E-state index contributed by atoms with van der Waals surface area (Å²) in [7, 11) is 1.13. The number of rotatable bonds is 10. The zero-order valence-electron chi connectivity index (χ0n) is 28.0. The molecule has 0 bridgehead atoms. The molecule has 10 heteroatoms. The summed E-state index contributed by atoms with van der Waals surface area (Å²) in [5, 5.41) is 3.28. The third kappa shape index (κ3) is 6.23. The summed E-state index contributed by atoms with van der Waals surface area (Å²) in [6.45, 7) is 0.165. The molecule has 2 atom stereocenters. The van der Waals surface area contributed by atoms with Crippen molar-refractivity contribution in [3.63, 3.8) is 0 Å². The van der Waals surface area contributed by atoms with Crippen molar-refractivity contribution < 1.29 is 38.1 Å². The minimum absolute atomic E-state index is 0.0999. The van der Waals surface area contributed by atoms with E-state index >= 15 is 0 Å². The number of fused-ring (bicyclic) bond motifs is 1. The molecule has 5 aromatic rings. The molecule has 1 aliphatic heterocycles. The van der Waals surface area contributed by atoms with Crippen molar-refractivity contribution in [2.75, 3.05) is 7.11 Å². The molecule has 1 N–H and O–H groups in total. The Bertz CT molecular complexity index is 2100. The highest BCUT2D eigenvalue weighted by atomic mass is 16.7. The van der Waals surface area contributed by atoms with Gasteiger partial charge in [-0.1, -0.05) is 86.0 Å². The Morgan fingerprint density at radius 1 is 0.745 bits per heavy atom. The number of nitrogens with zero attached hydrogens (tertiary/aromatic N) is 1. The molecule has 2 aliphatic rings. The quantitative estimate of drug-likeness (QED) is 0.0962. The lowest BCUT2D eigenvalue weighted by atomic mass is 9.75. The molecule has 10 nitrogen and oxygen atoms in total. The summed E-state index contributed by atoms with van der Waals surface area (Å²) >= 11 is 0. The molecule has 1 saturated carbocycles. The molecule has 0 unspecified atom stereocenters. The summed E-state index contributed by atoms with van der Waals surface area (Å²) in [5.74, 6) is -6.33. The van der Waals surface area contributed by atoms with Gasteiger partial charge in [0.15, 0.2) is 0 Å². The molecule has 1 saturated heterocycles. The first-order valence-electron chi connectivity index (χ1n) is 16.9. The van der Waals surface area contributed by atoms with Gasteiger partial charge >= 0.3 is 23.6 Å². The highest BCUT2D eigenvalue weighted by Gasteiger charge is 2.75. The fourth-order valence-corrected chi connectivity index (χ4v) is 7.03. The number of benzene rings is 4. The molecule has 0 spiro atoms. The number of ether oxygens (including phenoxy) is 4. The smallest absolute Gasteiger partial charge is 0.348 e. The maximum absolute atomic E-state index is 14.4. The van der Waals surface area contributed by atoms with E-state index in [1.165, 1.54) is 24.3 Å². The van der Waals surface area contributed by atoms with Gasteiger partial charge < -0.3 is 18.9 Å². The Labute approximate surface area is 294 Å². The van der Waals surface area contributed by atoms with Gasteiger partial charge in [-0.2, -0.15) is 0 Å². The van der Waals surface area contributed by atoms with Crippen LogP contribution in [0.1, 0.15) is 75.6 Å². The van der Waals surface area contributed by atoms with Gasteiger partial charge in [0, 0.05) is 18.1 Å². The number of carbonyl (C=O) groups excluding carboxylic acids is 4. The third-order valence-corrected chi connectivity index (χ3v) is 9.59. The third-order valence-electron chi connectivity index (χ3n) is 9.59. The van der Waals surface area contributed by atoms with Gasteiger partial charge in [-0.15, -0.1) is 0 Å². The van der Waals surface area contributed by atoms with E-state index in [0.29, 0.717) is 11.3 Å². The second-order valence-electron chi connectivity index (χ2n) is 12.7. The van der Waals surface area contributed by atoms with Crippen molar-refractivity contribution in [2.24, 2.45) is 0 Å². The fourth-order valence-electron chi connectivity index (χ4n) is 7.03. The lowest BCUT2D eigenvalue weighted by Crippen LogP contribution is -2.61. The molecule has 2 fully saturated rings. The molecule has 51 heavy (non-hydrogen) atoms. The number of nitrogens with one attached hydrogen (secondary N) is 1. The van der Waals surface area contributed by atoms with E-state index in [1.807, 2.05) is 36.4 Å². The molecule has 258 valence electrons. The van der Waals surface area contributed by atoms with Crippen molar-refractivity contribution in [1.29, 1.82) is 0 Å². The van der Waals surface area contributed by atoms with E-state index in [9.17, 15) is 19.2 Å². The van der Waals surface area contributed by atoms with E-state index in [1.54, 1.807) is 54.6 Å². The zero-order valence-corrected chi connectivity index (χ0v) is 28.0. The van der Waals surface area contributed by atoms with Gasteiger partial charge in [0.1, 0.15) is 12.4 Å². The van der Waals surface area contributed by atoms with Gasteiger partial charge in [0.05, 0.1) is 22.3 Å². The van der Waals surface area contributed by atoms with Crippen molar-refractivity contribution in [3.05, 3.63) is 143 Å². The molecular formula is C41H36N2O8. The van der Waals surface area contributed by atoms with Crippen LogP contribution in [0.25, 0.3) is 10.9 Å². The van der Waals surface area contributed by atoms with E-state index in [-0.39, 0.29) is 29.2 Å². The summed E-state index contributed by atoms with van der Waals surface area (Å²) in [4.78, 5) is 60.7. The highest BCUT2D eigenvalue weighted by Crippen LogP contribution is 2.50. The first-order chi connectivity index (χ1) is 24.8. The van der Waals surface area contributed by atoms with Gasteiger partial charge in [0.2, 0.25) is 0 Å². The molecule has 0 radical (unpaired) electrons. The summed E-state index contributed by atoms with van der Waals surface area (Å²) in [6.07, 6.45) is 4.43. The number of para-hydroxylation sites is 1. The van der Waals surface area contributed by atoms with Crippen molar-refractivity contribution in [1.82, 2.24) is 10.3 Å². The molecule has 4 aromatic carbocycles. The molecule has 2 amide bonds. The highest BCUT2D eigenvalue weighted by molar-refractivity contribution is 6.15. The predicted molar refractivity (Wildman–Crippen MR) is 187 cm³/mol. The fraction of sp³-hybridized carbons (Fsp3) is 0.244. The maximum atomic E-state index is 14.4. The Morgan fingerprint density at radius 3 is 2.08 bits per heavy atom. The second kappa shape index (κ2) is 14.2. The molecule has 7 rings (SSSR count). The van der Waals surface area contributed by atoms with Crippen LogP contribution in [0.2, 0.25) is 0 Å². The normalized spacial score (nSPS) is 20.5. The average Bonchev–Trinajstić information content (AvgIpc) is 3.39. The summed E-state index contributed by atoms with van der Waals surface area (Å²) < 4.78 is 24.2. The molecular weight excluding hydrogens is 648 g/mol. The predicted octanol–water partition coefficient (Wildman–Crippen LogP) is 6.77. The van der Waals surface area contributed by atoms with Crippen LogP contribution in [0.5, 0.6) is 5.75 Å². The van der Waals surface area contributed by atoms with E-state index in [4.69, 9.17) is 23.9 Å². The maximum Gasteiger partial charge on any atom is 0.348 e. The van der Waals surface area contributed by atoms with Crippen LogP contribution in [0.15, 0.2) is 115 Å². The van der Waals surface area contributed by atoms with Crippen molar-refractivity contribution in [2.45, 2.75) is 56.0 Å². The molecule has 2 heterocycles. The largest absolute Gasteiger partial charge is 0.487 e. The van der Waals surface area contributed by atoms with Gasteiger partial charge in [-0.3, -0.25) is 14.9 Å². The minimum atomic E-state index is -2.73. The van der Waals surface area contributed by atoms with Crippen LogP contribution in [0.3, 0.4) is 0 Å². The Balaban J connectivity index is 1.36. The Hall–Kier alpha value is -5.87. The van der Waals surface area contributed by atoms with Crippen molar-refractivity contribution in [3.8, 4) is 5.75 Å². The Kier molecular flexibility index (Phi) is 9.34. The zero-order chi connectivity index (χ0) is 35.4. The number of hydrogen-bond donors (Lipinski definition) is 1.